The maximum absolute atomic E-state index is 12.8. The molecule has 2 atom stereocenters. The van der Waals surface area contributed by atoms with E-state index in [1.807, 2.05) is 0 Å². The highest BCUT2D eigenvalue weighted by Crippen LogP contribution is 2.22. The number of aliphatic hydroxyl groups is 1. The zero-order chi connectivity index (χ0) is 14.7. The maximum atomic E-state index is 12.8. The molecule has 1 aliphatic rings. The highest BCUT2D eigenvalue weighted by atomic mass is 19.1. The summed E-state index contributed by atoms with van der Waals surface area (Å²) in [7, 11) is 0. The number of aliphatic hydroxyl groups excluding tert-OH is 1. The van der Waals surface area contributed by atoms with Crippen LogP contribution in [0.1, 0.15) is 12.0 Å². The number of aliphatic carboxylic acids is 1. The summed E-state index contributed by atoms with van der Waals surface area (Å²) < 4.78 is 12.8. The number of nitrogens with zero attached hydrogens (tertiary/aromatic N) is 1. The minimum Gasteiger partial charge on any atom is -0.480 e. The normalized spacial score (nSPS) is 20.2. The number of hydrogen-bond donors (Lipinski definition) is 2. The molecule has 0 radical (unpaired) electrons. The van der Waals surface area contributed by atoms with Gasteiger partial charge in [-0.25, -0.2) is 9.18 Å². The van der Waals surface area contributed by atoms with Gasteiger partial charge in [-0.15, -0.1) is 0 Å². The second-order valence-electron chi connectivity index (χ2n) is 4.98. The molecule has 6 heteroatoms. The van der Waals surface area contributed by atoms with Gasteiger partial charge in [0.25, 0.3) is 0 Å². The van der Waals surface area contributed by atoms with E-state index in [0.29, 0.717) is 5.56 Å². The van der Waals surface area contributed by atoms with E-state index in [-0.39, 0.29) is 37.8 Å². The number of likely N-dealkylation sites (tertiary alicyclic amines) is 1. The Balaban J connectivity index is 2.13. The van der Waals surface area contributed by atoms with Gasteiger partial charge in [0.05, 0.1) is 0 Å². The molecule has 20 heavy (non-hydrogen) atoms. The molecule has 1 aromatic rings. The van der Waals surface area contributed by atoms with Crippen LogP contribution >= 0.6 is 0 Å². The Morgan fingerprint density at radius 1 is 1.40 bits per heavy atom. The lowest BCUT2D eigenvalue weighted by Crippen LogP contribution is -2.43. The SMILES string of the molecule is O=C(O)C(Cc1ccc(F)cc1)N1CC(CO)CC1=O. The highest BCUT2D eigenvalue weighted by Gasteiger charge is 2.37. The Bertz CT molecular complexity index is 502. The van der Waals surface area contributed by atoms with Crippen molar-refractivity contribution in [1.29, 1.82) is 0 Å². The third-order valence-corrected chi connectivity index (χ3v) is 3.50. The summed E-state index contributed by atoms with van der Waals surface area (Å²) in [6.07, 6.45) is 0.295. The first kappa shape index (κ1) is 14.5. The van der Waals surface area contributed by atoms with Crippen molar-refractivity contribution < 1.29 is 24.2 Å². The molecule has 0 saturated carbocycles. The topological polar surface area (TPSA) is 77.8 Å². The van der Waals surface area contributed by atoms with Gasteiger partial charge >= 0.3 is 5.97 Å². The molecule has 0 aliphatic carbocycles. The summed E-state index contributed by atoms with van der Waals surface area (Å²) in [5, 5.41) is 18.4. The van der Waals surface area contributed by atoms with Gasteiger partial charge in [-0.3, -0.25) is 4.79 Å². The Kier molecular flexibility index (Phi) is 4.34. The second-order valence-corrected chi connectivity index (χ2v) is 4.98. The van der Waals surface area contributed by atoms with E-state index in [2.05, 4.69) is 0 Å². The Morgan fingerprint density at radius 3 is 2.55 bits per heavy atom. The van der Waals surface area contributed by atoms with Crippen LogP contribution < -0.4 is 0 Å². The summed E-state index contributed by atoms with van der Waals surface area (Å²) in [6.45, 7) is 0.110. The monoisotopic (exact) mass is 281 g/mol. The van der Waals surface area contributed by atoms with E-state index in [0.717, 1.165) is 0 Å². The standard InChI is InChI=1S/C14H16FNO4/c15-11-3-1-9(2-4-11)5-12(14(19)20)16-7-10(8-17)6-13(16)18/h1-4,10,12,17H,5-8H2,(H,19,20). The molecule has 1 aromatic carbocycles. The summed E-state index contributed by atoms with van der Waals surface area (Å²) in [5.74, 6) is -1.96. The summed E-state index contributed by atoms with van der Waals surface area (Å²) >= 11 is 0. The van der Waals surface area contributed by atoms with Crippen LogP contribution in [0.15, 0.2) is 24.3 Å². The van der Waals surface area contributed by atoms with Crippen LogP contribution in [0.3, 0.4) is 0 Å². The van der Waals surface area contributed by atoms with Crippen LogP contribution in [-0.4, -0.2) is 46.2 Å². The minimum absolute atomic E-state index is 0.125. The molecule has 0 bridgehead atoms. The van der Waals surface area contributed by atoms with Crippen molar-refractivity contribution in [1.82, 2.24) is 4.90 Å². The summed E-state index contributed by atoms with van der Waals surface area (Å²) in [4.78, 5) is 24.5. The number of halogens is 1. The van der Waals surface area contributed by atoms with Crippen molar-refractivity contribution in [2.75, 3.05) is 13.2 Å². The molecule has 1 amide bonds. The van der Waals surface area contributed by atoms with Crippen molar-refractivity contribution in [3.05, 3.63) is 35.6 Å². The van der Waals surface area contributed by atoms with Crippen LogP contribution in [0, 0.1) is 11.7 Å². The molecule has 1 heterocycles. The smallest absolute Gasteiger partial charge is 0.326 e. The minimum atomic E-state index is -1.10. The van der Waals surface area contributed by atoms with E-state index >= 15 is 0 Å². The number of rotatable bonds is 5. The lowest BCUT2D eigenvalue weighted by molar-refractivity contribution is -0.148. The van der Waals surface area contributed by atoms with Gasteiger partial charge in [0, 0.05) is 31.9 Å². The Labute approximate surface area is 115 Å². The van der Waals surface area contributed by atoms with Gasteiger partial charge in [0.1, 0.15) is 11.9 Å². The largest absolute Gasteiger partial charge is 0.480 e. The van der Waals surface area contributed by atoms with Crippen LogP contribution in [0.2, 0.25) is 0 Å². The summed E-state index contributed by atoms with van der Waals surface area (Å²) in [6, 6.07) is 4.56. The van der Waals surface area contributed by atoms with E-state index in [1.54, 1.807) is 0 Å². The van der Waals surface area contributed by atoms with E-state index in [4.69, 9.17) is 5.11 Å². The number of carboxylic acids is 1. The van der Waals surface area contributed by atoms with Gasteiger partial charge in [-0.05, 0) is 17.7 Å². The van der Waals surface area contributed by atoms with Crippen LogP contribution in [0.4, 0.5) is 4.39 Å². The lowest BCUT2D eigenvalue weighted by atomic mass is 10.0. The highest BCUT2D eigenvalue weighted by molar-refractivity contribution is 5.85. The zero-order valence-corrected chi connectivity index (χ0v) is 10.8. The molecule has 0 aromatic heterocycles. The van der Waals surface area contributed by atoms with E-state index in [1.165, 1.54) is 29.2 Å². The molecule has 1 fully saturated rings. The van der Waals surface area contributed by atoms with Gasteiger partial charge in [0.15, 0.2) is 0 Å². The van der Waals surface area contributed by atoms with Crippen LogP contribution in [-0.2, 0) is 16.0 Å². The Morgan fingerprint density at radius 2 is 2.05 bits per heavy atom. The van der Waals surface area contributed by atoms with Gasteiger partial charge in [-0.1, -0.05) is 12.1 Å². The van der Waals surface area contributed by atoms with E-state index < -0.39 is 17.8 Å². The molecular formula is C14H16FNO4. The predicted molar refractivity (Wildman–Crippen MR) is 68.4 cm³/mol. The zero-order valence-electron chi connectivity index (χ0n) is 10.8. The molecule has 2 unspecified atom stereocenters. The van der Waals surface area contributed by atoms with Gasteiger partial charge in [0.2, 0.25) is 5.91 Å². The van der Waals surface area contributed by atoms with Crippen molar-refractivity contribution in [3.63, 3.8) is 0 Å². The van der Waals surface area contributed by atoms with Crippen molar-refractivity contribution in [3.8, 4) is 0 Å². The van der Waals surface area contributed by atoms with Gasteiger partial charge in [-0.2, -0.15) is 0 Å². The number of carboxylic acid groups (broad SMARTS) is 1. The summed E-state index contributed by atoms with van der Waals surface area (Å²) in [5.41, 5.74) is 0.652. The molecule has 5 nitrogen and oxygen atoms in total. The number of carbonyl (C=O) groups is 2. The molecule has 1 aliphatic heterocycles. The molecular weight excluding hydrogens is 265 g/mol. The predicted octanol–water partition coefficient (Wildman–Crippen LogP) is 0.662. The van der Waals surface area contributed by atoms with Crippen molar-refractivity contribution in [2.45, 2.75) is 18.9 Å². The lowest BCUT2D eigenvalue weighted by Gasteiger charge is -2.24. The first-order chi connectivity index (χ1) is 9.51. The first-order valence-electron chi connectivity index (χ1n) is 6.39. The fourth-order valence-electron chi connectivity index (χ4n) is 2.41. The van der Waals surface area contributed by atoms with Crippen molar-refractivity contribution in [2.24, 2.45) is 5.92 Å². The van der Waals surface area contributed by atoms with Crippen LogP contribution in [0.25, 0.3) is 0 Å². The third kappa shape index (κ3) is 3.14. The Hall–Kier alpha value is -1.95. The molecule has 1 saturated heterocycles. The molecule has 108 valence electrons. The average molecular weight is 281 g/mol. The van der Waals surface area contributed by atoms with Gasteiger partial charge < -0.3 is 15.1 Å². The maximum Gasteiger partial charge on any atom is 0.326 e. The van der Waals surface area contributed by atoms with E-state index in [9.17, 15) is 19.1 Å². The number of carbonyl (C=O) groups excluding carboxylic acids is 1. The number of benzene rings is 1. The number of hydrogen-bond acceptors (Lipinski definition) is 3. The second kappa shape index (κ2) is 6.00. The molecule has 2 rings (SSSR count). The average Bonchev–Trinajstić information content (AvgIpc) is 2.79. The number of amides is 1. The third-order valence-electron chi connectivity index (χ3n) is 3.50. The molecule has 2 N–H and O–H groups in total. The van der Waals surface area contributed by atoms with Crippen molar-refractivity contribution >= 4 is 11.9 Å². The quantitative estimate of drug-likeness (QED) is 0.831. The van der Waals surface area contributed by atoms with Crippen LogP contribution in [0.5, 0.6) is 0 Å². The molecule has 0 spiro atoms. The fraction of sp³-hybridized carbons (Fsp3) is 0.429. The first-order valence-corrected chi connectivity index (χ1v) is 6.39. The fourth-order valence-corrected chi connectivity index (χ4v) is 2.41.